The van der Waals surface area contributed by atoms with Gasteiger partial charge < -0.3 is 5.11 Å². The minimum atomic E-state index is 0.289. The number of unbranched alkanes of at least 4 members (excludes halogenated alkanes) is 1. The molecule has 0 heterocycles. The molecule has 1 atom stereocenters. The number of rotatable bonds is 4. The zero-order valence-electron chi connectivity index (χ0n) is 5.93. The topological polar surface area (TPSA) is 20.2 Å². The van der Waals surface area contributed by atoms with Crippen molar-refractivity contribution in [2.45, 2.75) is 26.2 Å². The number of aliphatic hydroxyl groups excluding tert-OH is 1. The molecule has 0 aliphatic carbocycles. The van der Waals surface area contributed by atoms with Crippen LogP contribution in [0.1, 0.15) is 26.2 Å². The third kappa shape index (κ3) is 5.39. The Morgan fingerprint density at radius 3 is 2.67 bits per heavy atom. The largest absolute Gasteiger partial charge is 0.396 e. The van der Waals surface area contributed by atoms with Crippen LogP contribution in [-0.4, -0.2) is 11.7 Å². The SMILES string of the molecule is C#C[C@H](C)CCCCO. The lowest BCUT2D eigenvalue weighted by Crippen LogP contribution is -1.90. The quantitative estimate of drug-likeness (QED) is 0.446. The predicted octanol–water partition coefficient (Wildman–Crippen LogP) is 1.42. The maximum Gasteiger partial charge on any atom is 0.0431 e. The Morgan fingerprint density at radius 1 is 1.56 bits per heavy atom. The van der Waals surface area contributed by atoms with Crippen molar-refractivity contribution in [2.24, 2.45) is 5.92 Å². The van der Waals surface area contributed by atoms with Gasteiger partial charge in [-0.15, -0.1) is 12.3 Å². The molecular formula is C8H14O. The summed E-state index contributed by atoms with van der Waals surface area (Å²) in [5.74, 6) is 3.01. The molecule has 0 bridgehead atoms. The van der Waals surface area contributed by atoms with Gasteiger partial charge in [-0.1, -0.05) is 6.92 Å². The molecule has 0 aromatic heterocycles. The fraction of sp³-hybridized carbons (Fsp3) is 0.750. The predicted molar refractivity (Wildman–Crippen MR) is 38.9 cm³/mol. The summed E-state index contributed by atoms with van der Waals surface area (Å²) in [4.78, 5) is 0. The Morgan fingerprint density at radius 2 is 2.22 bits per heavy atom. The molecular weight excluding hydrogens is 112 g/mol. The number of terminal acetylenes is 1. The Kier molecular flexibility index (Phi) is 5.35. The standard InChI is InChI=1S/C8H14O/c1-3-8(2)6-4-5-7-9/h1,8-9H,4-7H2,2H3/t8-/m0/s1. The summed E-state index contributed by atoms with van der Waals surface area (Å²) in [6, 6.07) is 0. The van der Waals surface area contributed by atoms with Crippen molar-refractivity contribution in [3.8, 4) is 12.3 Å². The van der Waals surface area contributed by atoms with E-state index in [2.05, 4.69) is 5.92 Å². The molecule has 1 nitrogen and oxygen atoms in total. The lowest BCUT2D eigenvalue weighted by atomic mass is 10.1. The van der Waals surface area contributed by atoms with E-state index in [-0.39, 0.29) is 6.61 Å². The van der Waals surface area contributed by atoms with Gasteiger partial charge >= 0.3 is 0 Å². The van der Waals surface area contributed by atoms with Gasteiger partial charge in [-0.25, -0.2) is 0 Å². The minimum absolute atomic E-state index is 0.289. The van der Waals surface area contributed by atoms with Crippen molar-refractivity contribution < 1.29 is 5.11 Å². The second-order valence-corrected chi connectivity index (χ2v) is 2.29. The smallest absolute Gasteiger partial charge is 0.0431 e. The molecule has 1 N–H and O–H groups in total. The first-order valence-electron chi connectivity index (χ1n) is 3.38. The fourth-order valence-corrected chi connectivity index (χ4v) is 0.646. The van der Waals surface area contributed by atoms with Crippen LogP contribution in [0.4, 0.5) is 0 Å². The molecule has 0 rings (SSSR count). The van der Waals surface area contributed by atoms with Crippen LogP contribution in [0.2, 0.25) is 0 Å². The molecule has 9 heavy (non-hydrogen) atoms. The van der Waals surface area contributed by atoms with Gasteiger partial charge in [0, 0.05) is 12.5 Å². The summed E-state index contributed by atoms with van der Waals surface area (Å²) in [5.41, 5.74) is 0. The molecule has 0 saturated carbocycles. The van der Waals surface area contributed by atoms with Crippen molar-refractivity contribution >= 4 is 0 Å². The van der Waals surface area contributed by atoms with E-state index < -0.39 is 0 Å². The third-order valence-corrected chi connectivity index (χ3v) is 1.33. The van der Waals surface area contributed by atoms with E-state index in [0.29, 0.717) is 5.92 Å². The summed E-state index contributed by atoms with van der Waals surface area (Å²) in [6.07, 6.45) is 8.11. The minimum Gasteiger partial charge on any atom is -0.396 e. The highest BCUT2D eigenvalue weighted by molar-refractivity contribution is 4.89. The first-order valence-corrected chi connectivity index (χ1v) is 3.38. The first kappa shape index (κ1) is 8.52. The molecule has 0 aliphatic heterocycles. The Labute approximate surface area is 57.1 Å². The normalized spacial score (nSPS) is 12.6. The van der Waals surface area contributed by atoms with Crippen molar-refractivity contribution in [2.75, 3.05) is 6.61 Å². The van der Waals surface area contributed by atoms with E-state index in [0.717, 1.165) is 19.3 Å². The van der Waals surface area contributed by atoms with E-state index in [1.165, 1.54) is 0 Å². The molecule has 0 amide bonds. The van der Waals surface area contributed by atoms with Gasteiger partial charge in [0.2, 0.25) is 0 Å². The summed E-state index contributed by atoms with van der Waals surface area (Å²) in [5, 5.41) is 8.40. The maximum absolute atomic E-state index is 8.40. The van der Waals surface area contributed by atoms with Gasteiger partial charge in [-0.05, 0) is 19.3 Å². The fourth-order valence-electron chi connectivity index (χ4n) is 0.646. The Bertz CT molecular complexity index is 91.2. The molecule has 0 aromatic carbocycles. The zero-order chi connectivity index (χ0) is 7.11. The van der Waals surface area contributed by atoms with Gasteiger partial charge in [0.05, 0.1) is 0 Å². The molecule has 0 radical (unpaired) electrons. The second kappa shape index (κ2) is 5.65. The van der Waals surface area contributed by atoms with E-state index >= 15 is 0 Å². The van der Waals surface area contributed by atoms with Crippen LogP contribution in [-0.2, 0) is 0 Å². The number of hydrogen-bond donors (Lipinski definition) is 1. The highest BCUT2D eigenvalue weighted by atomic mass is 16.2. The summed E-state index contributed by atoms with van der Waals surface area (Å²) < 4.78 is 0. The van der Waals surface area contributed by atoms with Crippen LogP contribution >= 0.6 is 0 Å². The Balaban J connectivity index is 2.99. The molecule has 0 aromatic rings. The summed E-state index contributed by atoms with van der Waals surface area (Å²) in [7, 11) is 0. The van der Waals surface area contributed by atoms with Gasteiger partial charge in [0.1, 0.15) is 0 Å². The van der Waals surface area contributed by atoms with Crippen molar-refractivity contribution in [3.05, 3.63) is 0 Å². The summed E-state index contributed by atoms with van der Waals surface area (Å²) in [6.45, 7) is 2.31. The van der Waals surface area contributed by atoms with E-state index in [1.54, 1.807) is 0 Å². The molecule has 0 fully saturated rings. The number of aliphatic hydroxyl groups is 1. The number of hydrogen-bond acceptors (Lipinski definition) is 1. The monoisotopic (exact) mass is 126 g/mol. The first-order chi connectivity index (χ1) is 4.31. The molecule has 0 unspecified atom stereocenters. The molecule has 0 spiro atoms. The van der Waals surface area contributed by atoms with Gasteiger partial charge in [-0.3, -0.25) is 0 Å². The van der Waals surface area contributed by atoms with Crippen molar-refractivity contribution in [1.29, 1.82) is 0 Å². The van der Waals surface area contributed by atoms with Crippen LogP contribution in [0.3, 0.4) is 0 Å². The van der Waals surface area contributed by atoms with Gasteiger partial charge in [0.15, 0.2) is 0 Å². The van der Waals surface area contributed by atoms with E-state index in [1.807, 2.05) is 6.92 Å². The third-order valence-electron chi connectivity index (χ3n) is 1.33. The van der Waals surface area contributed by atoms with Crippen LogP contribution in [0.25, 0.3) is 0 Å². The van der Waals surface area contributed by atoms with Crippen molar-refractivity contribution in [3.63, 3.8) is 0 Å². The van der Waals surface area contributed by atoms with Gasteiger partial charge in [0.25, 0.3) is 0 Å². The van der Waals surface area contributed by atoms with E-state index in [9.17, 15) is 0 Å². The molecule has 0 aliphatic rings. The van der Waals surface area contributed by atoms with Gasteiger partial charge in [-0.2, -0.15) is 0 Å². The highest BCUT2D eigenvalue weighted by Gasteiger charge is 1.94. The second-order valence-electron chi connectivity index (χ2n) is 2.29. The van der Waals surface area contributed by atoms with E-state index in [4.69, 9.17) is 11.5 Å². The van der Waals surface area contributed by atoms with Crippen LogP contribution in [0, 0.1) is 18.3 Å². The highest BCUT2D eigenvalue weighted by Crippen LogP contribution is 2.04. The molecule has 0 saturated heterocycles. The Hall–Kier alpha value is -0.480. The zero-order valence-corrected chi connectivity index (χ0v) is 5.93. The lowest BCUT2D eigenvalue weighted by Gasteiger charge is -2.00. The lowest BCUT2D eigenvalue weighted by molar-refractivity contribution is 0.281. The average molecular weight is 126 g/mol. The average Bonchev–Trinajstić information content (AvgIpc) is 1.89. The maximum atomic E-state index is 8.40. The van der Waals surface area contributed by atoms with Crippen LogP contribution < -0.4 is 0 Å². The molecule has 1 heteroatoms. The van der Waals surface area contributed by atoms with Crippen molar-refractivity contribution in [1.82, 2.24) is 0 Å². The summed E-state index contributed by atoms with van der Waals surface area (Å²) >= 11 is 0. The van der Waals surface area contributed by atoms with Crippen LogP contribution in [0.5, 0.6) is 0 Å². The molecule has 52 valence electrons. The van der Waals surface area contributed by atoms with Crippen LogP contribution in [0.15, 0.2) is 0 Å².